The minimum absolute atomic E-state index is 0.523. The molecule has 0 aliphatic carbocycles. The smallest absolute Gasteiger partial charge is 0.146 e. The minimum Gasteiger partial charge on any atom is -0.498 e. The highest BCUT2D eigenvalue weighted by Gasteiger charge is 1.94. The highest BCUT2D eigenvalue weighted by molar-refractivity contribution is 5.97. The molecule has 0 heterocycles. The fourth-order valence-corrected chi connectivity index (χ4v) is 1.47. The molecule has 0 bridgehead atoms. The molecule has 0 fully saturated rings. The summed E-state index contributed by atoms with van der Waals surface area (Å²) in [6.07, 6.45) is 1.41. The second kappa shape index (κ2) is 7.08. The van der Waals surface area contributed by atoms with Crippen molar-refractivity contribution in [3.05, 3.63) is 42.7 Å². The molecule has 0 spiro atoms. The van der Waals surface area contributed by atoms with Gasteiger partial charge in [0.25, 0.3) is 0 Å². The maximum absolute atomic E-state index is 5.44. The molecule has 0 amide bonds. The van der Waals surface area contributed by atoms with Crippen molar-refractivity contribution >= 4 is 10.5 Å². The Labute approximate surface area is 93.2 Å². The Morgan fingerprint density at radius 2 is 1.93 bits per heavy atom. The zero-order valence-electron chi connectivity index (χ0n) is 8.94. The maximum Gasteiger partial charge on any atom is 0.146 e. The number of rotatable bonds is 7. The van der Waals surface area contributed by atoms with E-state index in [4.69, 9.17) is 13.9 Å². The lowest BCUT2D eigenvalue weighted by Crippen LogP contribution is -2.03. The van der Waals surface area contributed by atoms with E-state index in [2.05, 4.69) is 6.58 Å². The molecule has 0 radical (unpaired) electrons. The van der Waals surface area contributed by atoms with Gasteiger partial charge in [-0.3, -0.25) is 0 Å². The summed E-state index contributed by atoms with van der Waals surface area (Å²) >= 11 is 0. The van der Waals surface area contributed by atoms with Crippen LogP contribution in [0.1, 0.15) is 5.56 Å². The lowest BCUT2D eigenvalue weighted by molar-refractivity contribution is 0.179. The van der Waals surface area contributed by atoms with Crippen LogP contribution in [0, 0.1) is 0 Å². The Morgan fingerprint density at radius 3 is 2.53 bits per heavy atom. The van der Waals surface area contributed by atoms with Crippen molar-refractivity contribution in [2.75, 3.05) is 13.2 Å². The first-order valence-corrected chi connectivity index (χ1v) is 5.61. The SMILES string of the molecule is C=COCCOc1ccc(CO[SiH3])cc1. The summed E-state index contributed by atoms with van der Waals surface area (Å²) in [6, 6.07) is 7.87. The first-order valence-electron chi connectivity index (χ1n) is 4.80. The molecule has 15 heavy (non-hydrogen) atoms. The molecule has 82 valence electrons. The third kappa shape index (κ3) is 4.67. The molecule has 0 aliphatic rings. The van der Waals surface area contributed by atoms with E-state index in [0.717, 1.165) is 16.2 Å². The van der Waals surface area contributed by atoms with Gasteiger partial charge < -0.3 is 13.9 Å². The average molecular weight is 224 g/mol. The van der Waals surface area contributed by atoms with Crippen LogP contribution in [0.2, 0.25) is 0 Å². The highest BCUT2D eigenvalue weighted by Crippen LogP contribution is 2.12. The van der Waals surface area contributed by atoms with Crippen LogP contribution in [0.3, 0.4) is 0 Å². The van der Waals surface area contributed by atoms with Crippen molar-refractivity contribution in [3.63, 3.8) is 0 Å². The molecule has 0 N–H and O–H groups in total. The Bertz CT molecular complexity index is 284. The third-order valence-electron chi connectivity index (χ3n) is 1.82. The van der Waals surface area contributed by atoms with Crippen LogP contribution in [0.25, 0.3) is 0 Å². The number of benzene rings is 1. The predicted molar refractivity (Wildman–Crippen MR) is 62.8 cm³/mol. The van der Waals surface area contributed by atoms with Gasteiger partial charge in [0.15, 0.2) is 0 Å². The molecular formula is C11H16O3Si. The van der Waals surface area contributed by atoms with E-state index in [1.807, 2.05) is 24.3 Å². The minimum atomic E-state index is 0.523. The van der Waals surface area contributed by atoms with E-state index >= 15 is 0 Å². The van der Waals surface area contributed by atoms with Crippen molar-refractivity contribution in [2.45, 2.75) is 6.61 Å². The molecule has 1 rings (SSSR count). The van der Waals surface area contributed by atoms with E-state index in [1.54, 1.807) is 0 Å². The van der Waals surface area contributed by atoms with Crippen molar-refractivity contribution in [1.29, 1.82) is 0 Å². The molecule has 4 heteroatoms. The van der Waals surface area contributed by atoms with Crippen LogP contribution in [0.4, 0.5) is 0 Å². The number of hydrogen-bond donors (Lipinski definition) is 0. The van der Waals surface area contributed by atoms with Crippen molar-refractivity contribution in [3.8, 4) is 5.75 Å². The average Bonchev–Trinajstić information content (AvgIpc) is 2.27. The monoisotopic (exact) mass is 224 g/mol. The van der Waals surface area contributed by atoms with Crippen LogP contribution in [-0.2, 0) is 15.8 Å². The van der Waals surface area contributed by atoms with Crippen LogP contribution < -0.4 is 4.74 Å². The Hall–Kier alpha value is -1.26. The molecule has 0 unspecified atom stereocenters. The van der Waals surface area contributed by atoms with Gasteiger partial charge in [0.1, 0.15) is 29.4 Å². The largest absolute Gasteiger partial charge is 0.498 e. The molecule has 3 nitrogen and oxygen atoms in total. The Morgan fingerprint density at radius 1 is 1.20 bits per heavy atom. The fraction of sp³-hybridized carbons (Fsp3) is 0.273. The van der Waals surface area contributed by atoms with E-state index in [1.165, 1.54) is 11.8 Å². The first-order chi connectivity index (χ1) is 7.36. The predicted octanol–water partition coefficient (Wildman–Crippen LogP) is 1.02. The molecule has 1 aromatic rings. The maximum atomic E-state index is 5.44. The van der Waals surface area contributed by atoms with Crippen LogP contribution in [-0.4, -0.2) is 23.7 Å². The summed E-state index contributed by atoms with van der Waals surface area (Å²) in [5.74, 6) is 0.847. The zero-order valence-corrected chi connectivity index (χ0v) is 10.9. The zero-order chi connectivity index (χ0) is 10.9. The second-order valence-corrected chi connectivity index (χ2v) is 3.54. The first kappa shape index (κ1) is 11.8. The molecular weight excluding hydrogens is 208 g/mol. The van der Waals surface area contributed by atoms with Gasteiger partial charge in [-0.2, -0.15) is 0 Å². The van der Waals surface area contributed by atoms with Gasteiger partial charge in [0.05, 0.1) is 12.9 Å². The third-order valence-corrected chi connectivity index (χ3v) is 2.11. The van der Waals surface area contributed by atoms with Crippen molar-refractivity contribution < 1.29 is 13.9 Å². The van der Waals surface area contributed by atoms with Crippen molar-refractivity contribution in [2.24, 2.45) is 0 Å². The normalized spacial score (nSPS) is 9.87. The van der Waals surface area contributed by atoms with Gasteiger partial charge in [0, 0.05) is 0 Å². The highest BCUT2D eigenvalue weighted by atomic mass is 28.2. The van der Waals surface area contributed by atoms with Crippen LogP contribution >= 0.6 is 0 Å². The second-order valence-electron chi connectivity index (χ2n) is 2.96. The van der Waals surface area contributed by atoms with E-state index in [0.29, 0.717) is 19.8 Å². The van der Waals surface area contributed by atoms with Crippen molar-refractivity contribution in [1.82, 2.24) is 0 Å². The van der Waals surface area contributed by atoms with Gasteiger partial charge >= 0.3 is 0 Å². The van der Waals surface area contributed by atoms with E-state index < -0.39 is 0 Å². The summed E-state index contributed by atoms with van der Waals surface area (Å²) < 4.78 is 15.5. The van der Waals surface area contributed by atoms with Crippen LogP contribution in [0.5, 0.6) is 5.75 Å². The number of hydrogen-bond acceptors (Lipinski definition) is 3. The summed E-state index contributed by atoms with van der Waals surface area (Å²) in [5, 5.41) is 0. The topological polar surface area (TPSA) is 27.7 Å². The molecule has 0 saturated heterocycles. The summed E-state index contributed by atoms with van der Waals surface area (Å²) in [5.41, 5.74) is 1.17. The summed E-state index contributed by atoms with van der Waals surface area (Å²) in [4.78, 5) is 0. The van der Waals surface area contributed by atoms with E-state index in [-0.39, 0.29) is 0 Å². The lowest BCUT2D eigenvalue weighted by atomic mass is 10.2. The molecule has 0 aliphatic heterocycles. The molecule has 0 saturated carbocycles. The molecule has 0 aromatic heterocycles. The van der Waals surface area contributed by atoms with Gasteiger partial charge in [-0.05, 0) is 17.7 Å². The van der Waals surface area contributed by atoms with E-state index in [9.17, 15) is 0 Å². The Balaban J connectivity index is 2.32. The van der Waals surface area contributed by atoms with Crippen LogP contribution in [0.15, 0.2) is 37.1 Å². The Kier molecular flexibility index (Phi) is 5.58. The lowest BCUT2D eigenvalue weighted by Gasteiger charge is -2.06. The summed E-state index contributed by atoms with van der Waals surface area (Å²) in [7, 11) is 0.767. The standard InChI is InChI=1S/C11H16O3Si/c1-2-12-7-8-13-11-5-3-10(4-6-11)9-14-15/h2-6H,1,7-9H2,15H3. The quantitative estimate of drug-likeness (QED) is 0.393. The fourth-order valence-electron chi connectivity index (χ4n) is 1.14. The number of ether oxygens (including phenoxy) is 2. The van der Waals surface area contributed by atoms with Gasteiger partial charge in [0.2, 0.25) is 0 Å². The van der Waals surface area contributed by atoms with Gasteiger partial charge in [-0.25, -0.2) is 0 Å². The van der Waals surface area contributed by atoms with Gasteiger partial charge in [-0.15, -0.1) is 0 Å². The molecule has 1 aromatic carbocycles. The van der Waals surface area contributed by atoms with Gasteiger partial charge in [-0.1, -0.05) is 18.7 Å². The summed E-state index contributed by atoms with van der Waals surface area (Å²) in [6.45, 7) is 5.19. The molecule has 0 atom stereocenters.